The van der Waals surface area contributed by atoms with E-state index in [0.29, 0.717) is 18.1 Å². The molecule has 1 fully saturated rings. The summed E-state index contributed by atoms with van der Waals surface area (Å²) in [6.07, 6.45) is 2.15. The predicted molar refractivity (Wildman–Crippen MR) is 64.6 cm³/mol. The van der Waals surface area contributed by atoms with E-state index in [9.17, 15) is 4.79 Å². The second kappa shape index (κ2) is 5.33. The zero-order chi connectivity index (χ0) is 12.3. The van der Waals surface area contributed by atoms with Gasteiger partial charge in [0.15, 0.2) is 5.76 Å². The van der Waals surface area contributed by atoms with Gasteiger partial charge in [-0.1, -0.05) is 0 Å². The van der Waals surface area contributed by atoms with Gasteiger partial charge in [0.2, 0.25) is 0 Å². The first-order chi connectivity index (χ1) is 8.19. The lowest BCUT2D eigenvalue weighted by Crippen LogP contribution is -2.46. The maximum absolute atomic E-state index is 11.9. The van der Waals surface area contributed by atoms with Crippen LogP contribution in [0.25, 0.3) is 0 Å². The standard InChI is InChI=1S/C12H19N3O2/c1-15-6-2-3-9(8-15)14-12(16)11-5-4-10(7-13)17-11/h4-5,9H,2-3,6-8,13H2,1H3,(H,14,16). The fraction of sp³-hybridized carbons (Fsp3) is 0.583. The molecule has 1 unspecified atom stereocenters. The van der Waals surface area contributed by atoms with Gasteiger partial charge in [-0.25, -0.2) is 0 Å². The number of hydrogen-bond acceptors (Lipinski definition) is 4. The van der Waals surface area contributed by atoms with Gasteiger partial charge in [-0.2, -0.15) is 0 Å². The Kier molecular flexibility index (Phi) is 3.81. The average molecular weight is 237 g/mol. The Bertz CT molecular complexity index is 389. The molecule has 1 atom stereocenters. The van der Waals surface area contributed by atoms with Crippen molar-refractivity contribution in [2.24, 2.45) is 5.73 Å². The predicted octanol–water partition coefficient (Wildman–Crippen LogP) is 0.562. The SMILES string of the molecule is CN1CCCC(NC(=O)c2ccc(CN)o2)C1. The third-order valence-corrected chi connectivity index (χ3v) is 3.05. The lowest BCUT2D eigenvalue weighted by Gasteiger charge is -2.29. The van der Waals surface area contributed by atoms with Crippen molar-refractivity contribution in [1.29, 1.82) is 0 Å². The summed E-state index contributed by atoms with van der Waals surface area (Å²) in [6.45, 7) is 2.32. The number of rotatable bonds is 3. The van der Waals surface area contributed by atoms with Crippen LogP contribution in [0, 0.1) is 0 Å². The molecule has 1 aliphatic rings. The van der Waals surface area contributed by atoms with E-state index in [1.165, 1.54) is 0 Å². The van der Waals surface area contributed by atoms with Crippen molar-refractivity contribution in [3.8, 4) is 0 Å². The first kappa shape index (κ1) is 12.1. The molecule has 0 radical (unpaired) electrons. The highest BCUT2D eigenvalue weighted by molar-refractivity contribution is 5.91. The minimum Gasteiger partial charge on any atom is -0.455 e. The number of carbonyl (C=O) groups is 1. The molecule has 17 heavy (non-hydrogen) atoms. The van der Waals surface area contributed by atoms with E-state index in [0.717, 1.165) is 25.9 Å². The molecule has 1 aromatic rings. The van der Waals surface area contributed by atoms with Crippen molar-refractivity contribution in [3.05, 3.63) is 23.7 Å². The van der Waals surface area contributed by atoms with E-state index in [4.69, 9.17) is 10.2 Å². The molecule has 94 valence electrons. The Hall–Kier alpha value is -1.33. The third kappa shape index (κ3) is 3.08. The number of hydrogen-bond donors (Lipinski definition) is 2. The molecule has 5 heteroatoms. The Labute approximate surface area is 101 Å². The number of nitrogens with zero attached hydrogens (tertiary/aromatic N) is 1. The van der Waals surface area contributed by atoms with Crippen LogP contribution in [0.2, 0.25) is 0 Å². The third-order valence-electron chi connectivity index (χ3n) is 3.05. The zero-order valence-electron chi connectivity index (χ0n) is 10.1. The second-order valence-electron chi connectivity index (χ2n) is 4.54. The highest BCUT2D eigenvalue weighted by Gasteiger charge is 2.20. The number of furan rings is 1. The first-order valence-electron chi connectivity index (χ1n) is 5.97. The van der Waals surface area contributed by atoms with Gasteiger partial charge in [0, 0.05) is 12.6 Å². The number of nitrogens with two attached hydrogens (primary N) is 1. The molecule has 2 heterocycles. The number of piperidine rings is 1. The largest absolute Gasteiger partial charge is 0.455 e. The van der Waals surface area contributed by atoms with Crippen LogP contribution in [0.5, 0.6) is 0 Å². The Morgan fingerprint density at radius 2 is 2.47 bits per heavy atom. The van der Waals surface area contributed by atoms with Crippen molar-refractivity contribution < 1.29 is 9.21 Å². The summed E-state index contributed by atoms with van der Waals surface area (Å²) in [5.41, 5.74) is 5.43. The lowest BCUT2D eigenvalue weighted by atomic mass is 10.1. The fourth-order valence-corrected chi connectivity index (χ4v) is 2.15. The normalized spacial score (nSPS) is 21.4. The van der Waals surface area contributed by atoms with Gasteiger partial charge in [-0.15, -0.1) is 0 Å². The molecular formula is C12H19N3O2. The minimum absolute atomic E-state index is 0.148. The van der Waals surface area contributed by atoms with E-state index in [1.807, 2.05) is 0 Å². The topological polar surface area (TPSA) is 71.5 Å². The van der Waals surface area contributed by atoms with Gasteiger partial charge in [-0.05, 0) is 38.6 Å². The molecule has 0 aromatic carbocycles. The van der Waals surface area contributed by atoms with Gasteiger partial charge in [0.1, 0.15) is 5.76 Å². The lowest BCUT2D eigenvalue weighted by molar-refractivity contribution is 0.0882. The van der Waals surface area contributed by atoms with Crippen molar-refractivity contribution in [1.82, 2.24) is 10.2 Å². The number of likely N-dealkylation sites (N-methyl/N-ethyl adjacent to an activating group) is 1. The quantitative estimate of drug-likeness (QED) is 0.806. The number of amides is 1. The van der Waals surface area contributed by atoms with Crippen LogP contribution in [-0.4, -0.2) is 37.0 Å². The Morgan fingerprint density at radius 1 is 1.65 bits per heavy atom. The van der Waals surface area contributed by atoms with Gasteiger partial charge in [-0.3, -0.25) is 4.79 Å². The molecule has 0 aliphatic carbocycles. The highest BCUT2D eigenvalue weighted by atomic mass is 16.4. The van der Waals surface area contributed by atoms with Crippen molar-refractivity contribution >= 4 is 5.91 Å². The average Bonchev–Trinajstić information content (AvgIpc) is 2.77. The fourth-order valence-electron chi connectivity index (χ4n) is 2.15. The summed E-state index contributed by atoms with van der Waals surface area (Å²) in [6, 6.07) is 3.62. The maximum Gasteiger partial charge on any atom is 0.287 e. The molecule has 1 saturated heterocycles. The Morgan fingerprint density at radius 3 is 3.12 bits per heavy atom. The zero-order valence-corrected chi connectivity index (χ0v) is 10.1. The molecule has 0 spiro atoms. The van der Waals surface area contributed by atoms with Crippen LogP contribution in [0.4, 0.5) is 0 Å². The van der Waals surface area contributed by atoms with Gasteiger partial charge >= 0.3 is 0 Å². The summed E-state index contributed by atoms with van der Waals surface area (Å²) >= 11 is 0. The van der Waals surface area contributed by atoms with Crippen LogP contribution >= 0.6 is 0 Å². The van der Waals surface area contributed by atoms with Crippen molar-refractivity contribution in [2.75, 3.05) is 20.1 Å². The van der Waals surface area contributed by atoms with E-state index >= 15 is 0 Å². The summed E-state index contributed by atoms with van der Waals surface area (Å²) in [5.74, 6) is 0.833. The summed E-state index contributed by atoms with van der Waals surface area (Å²) in [5, 5.41) is 2.99. The molecular weight excluding hydrogens is 218 g/mol. The second-order valence-corrected chi connectivity index (χ2v) is 4.54. The molecule has 0 saturated carbocycles. The summed E-state index contributed by atoms with van der Waals surface area (Å²) in [4.78, 5) is 14.1. The number of carbonyl (C=O) groups excluding carboxylic acids is 1. The Balaban J connectivity index is 1.92. The summed E-state index contributed by atoms with van der Waals surface area (Å²) in [7, 11) is 2.07. The minimum atomic E-state index is -0.148. The molecule has 1 aromatic heterocycles. The van der Waals surface area contributed by atoms with Gasteiger partial charge in [0.05, 0.1) is 6.54 Å². The van der Waals surface area contributed by atoms with Crippen molar-refractivity contribution in [3.63, 3.8) is 0 Å². The van der Waals surface area contributed by atoms with Crippen LogP contribution in [-0.2, 0) is 6.54 Å². The van der Waals surface area contributed by atoms with Crippen LogP contribution in [0.3, 0.4) is 0 Å². The van der Waals surface area contributed by atoms with Crippen molar-refractivity contribution in [2.45, 2.75) is 25.4 Å². The molecule has 1 aliphatic heterocycles. The van der Waals surface area contributed by atoms with Crippen LogP contribution < -0.4 is 11.1 Å². The van der Waals surface area contributed by atoms with E-state index < -0.39 is 0 Å². The van der Waals surface area contributed by atoms with Crippen LogP contribution in [0.1, 0.15) is 29.2 Å². The van der Waals surface area contributed by atoms with Gasteiger partial charge in [0.25, 0.3) is 5.91 Å². The monoisotopic (exact) mass is 237 g/mol. The number of likely N-dealkylation sites (tertiary alicyclic amines) is 1. The van der Waals surface area contributed by atoms with Gasteiger partial charge < -0.3 is 20.4 Å². The van der Waals surface area contributed by atoms with Crippen LogP contribution in [0.15, 0.2) is 16.5 Å². The van der Waals surface area contributed by atoms with E-state index in [-0.39, 0.29) is 11.9 Å². The first-order valence-corrected chi connectivity index (χ1v) is 5.97. The van der Waals surface area contributed by atoms with E-state index in [1.54, 1.807) is 12.1 Å². The molecule has 5 nitrogen and oxygen atoms in total. The molecule has 3 N–H and O–H groups in total. The smallest absolute Gasteiger partial charge is 0.287 e. The van der Waals surface area contributed by atoms with E-state index in [2.05, 4.69) is 17.3 Å². The maximum atomic E-state index is 11.9. The highest BCUT2D eigenvalue weighted by Crippen LogP contribution is 2.11. The molecule has 2 rings (SSSR count). The summed E-state index contributed by atoms with van der Waals surface area (Å²) < 4.78 is 5.31. The molecule has 0 bridgehead atoms. The number of nitrogens with one attached hydrogen (secondary N) is 1. The molecule has 1 amide bonds.